The molecule has 0 aliphatic carbocycles. The fourth-order valence-corrected chi connectivity index (χ4v) is 2.95. The van der Waals surface area contributed by atoms with Gasteiger partial charge in [-0.3, -0.25) is 14.4 Å². The van der Waals surface area contributed by atoms with Crippen LogP contribution in [0.4, 0.5) is 0 Å². The van der Waals surface area contributed by atoms with Gasteiger partial charge in [0.05, 0.1) is 13.2 Å². The van der Waals surface area contributed by atoms with Gasteiger partial charge >= 0.3 is 0 Å². The Kier molecular flexibility index (Phi) is 6.14. The molecule has 1 saturated heterocycles. The minimum absolute atomic E-state index is 0.135. The molecule has 0 radical (unpaired) electrons. The lowest BCUT2D eigenvalue weighted by Gasteiger charge is -2.41. The van der Waals surface area contributed by atoms with Crippen molar-refractivity contribution in [1.82, 2.24) is 14.7 Å². The van der Waals surface area contributed by atoms with Crippen molar-refractivity contribution >= 4 is 17.7 Å². The van der Waals surface area contributed by atoms with Crippen LogP contribution in [0.15, 0.2) is 24.3 Å². The summed E-state index contributed by atoms with van der Waals surface area (Å²) in [7, 11) is 4.92. The molecule has 0 aromatic heterocycles. The third kappa shape index (κ3) is 4.36. The molecule has 1 atom stereocenters. The number of nitrogens with zero attached hydrogens (tertiary/aromatic N) is 3. The molecular weight excluding hydrogens is 322 g/mol. The second-order valence-electron chi connectivity index (χ2n) is 6.34. The molecule has 136 valence electrons. The first-order valence-electron chi connectivity index (χ1n) is 8.20. The predicted molar refractivity (Wildman–Crippen MR) is 92.9 cm³/mol. The average Bonchev–Trinajstić information content (AvgIpc) is 2.60. The smallest absolute Gasteiger partial charge is 0.253 e. The summed E-state index contributed by atoms with van der Waals surface area (Å²) < 4.78 is 5.07. The fraction of sp³-hybridized carbons (Fsp3) is 0.500. The van der Waals surface area contributed by atoms with E-state index in [1.54, 1.807) is 38.2 Å². The van der Waals surface area contributed by atoms with Gasteiger partial charge in [0.2, 0.25) is 11.8 Å². The molecule has 1 aromatic carbocycles. The summed E-state index contributed by atoms with van der Waals surface area (Å²) in [6.07, 6.45) is 0. The Bertz CT molecular complexity index is 642. The zero-order chi connectivity index (χ0) is 18.6. The van der Waals surface area contributed by atoms with E-state index in [1.807, 2.05) is 12.1 Å². The first kappa shape index (κ1) is 18.9. The Labute approximate surface area is 148 Å². The van der Waals surface area contributed by atoms with Crippen LogP contribution in [0, 0.1) is 0 Å². The van der Waals surface area contributed by atoms with Crippen LogP contribution in [0.25, 0.3) is 0 Å². The van der Waals surface area contributed by atoms with E-state index in [-0.39, 0.29) is 24.3 Å². The number of piperazine rings is 1. The SMILES string of the molecule is COCc1ccc(C(=O)N2CCN(C(C)=O)[C@H](C(=O)N(C)C)C2)cc1. The standard InChI is InChI=1S/C18H25N3O4/c1-13(22)21-10-9-20(11-16(21)18(24)19(2)3)17(23)15-7-5-14(6-8-15)12-25-4/h5-8,16H,9-12H2,1-4H3/t16-/m0/s1. The molecule has 0 spiro atoms. The molecule has 3 amide bonds. The quantitative estimate of drug-likeness (QED) is 0.799. The number of methoxy groups -OCH3 is 1. The van der Waals surface area contributed by atoms with Gasteiger partial charge in [0.1, 0.15) is 6.04 Å². The third-order valence-corrected chi connectivity index (χ3v) is 4.31. The summed E-state index contributed by atoms with van der Waals surface area (Å²) in [4.78, 5) is 41.6. The maximum absolute atomic E-state index is 12.7. The second-order valence-corrected chi connectivity index (χ2v) is 6.34. The van der Waals surface area contributed by atoms with Gasteiger partial charge < -0.3 is 19.4 Å². The Morgan fingerprint density at radius 2 is 1.80 bits per heavy atom. The summed E-state index contributed by atoms with van der Waals surface area (Å²) >= 11 is 0. The predicted octanol–water partition coefficient (Wildman–Crippen LogP) is 0.594. The molecule has 0 saturated carbocycles. The van der Waals surface area contributed by atoms with E-state index >= 15 is 0 Å². The highest BCUT2D eigenvalue weighted by Crippen LogP contribution is 2.16. The van der Waals surface area contributed by atoms with Crippen LogP contribution in [0.1, 0.15) is 22.8 Å². The number of hydrogen-bond donors (Lipinski definition) is 0. The van der Waals surface area contributed by atoms with Gasteiger partial charge in [-0.2, -0.15) is 0 Å². The number of ether oxygens (including phenoxy) is 1. The Hall–Kier alpha value is -2.41. The molecule has 0 N–H and O–H groups in total. The van der Waals surface area contributed by atoms with Crippen molar-refractivity contribution in [2.45, 2.75) is 19.6 Å². The van der Waals surface area contributed by atoms with Crippen LogP contribution in [0.3, 0.4) is 0 Å². The summed E-state index contributed by atoms with van der Waals surface area (Å²) in [5.74, 6) is -0.469. The highest BCUT2D eigenvalue weighted by molar-refractivity contribution is 5.95. The van der Waals surface area contributed by atoms with Gasteiger partial charge in [-0.05, 0) is 17.7 Å². The Balaban J connectivity index is 2.15. The van der Waals surface area contributed by atoms with Crippen molar-refractivity contribution in [3.63, 3.8) is 0 Å². The molecule has 1 aliphatic rings. The lowest BCUT2D eigenvalue weighted by molar-refractivity contribution is -0.146. The molecule has 7 nitrogen and oxygen atoms in total. The average molecular weight is 347 g/mol. The number of rotatable bonds is 4. The normalized spacial score (nSPS) is 17.4. The lowest BCUT2D eigenvalue weighted by atomic mass is 10.1. The maximum atomic E-state index is 12.7. The topological polar surface area (TPSA) is 70.2 Å². The number of likely N-dealkylation sites (N-methyl/N-ethyl adjacent to an activating group) is 1. The van der Waals surface area contributed by atoms with Crippen LogP contribution in [-0.2, 0) is 20.9 Å². The minimum Gasteiger partial charge on any atom is -0.380 e. The van der Waals surface area contributed by atoms with Gasteiger partial charge in [0, 0.05) is 46.8 Å². The van der Waals surface area contributed by atoms with Gasteiger partial charge in [-0.15, -0.1) is 0 Å². The molecule has 0 unspecified atom stereocenters. The Morgan fingerprint density at radius 1 is 1.16 bits per heavy atom. The van der Waals surface area contributed by atoms with Crippen molar-refractivity contribution in [1.29, 1.82) is 0 Å². The van der Waals surface area contributed by atoms with Gasteiger partial charge in [-0.25, -0.2) is 0 Å². The fourth-order valence-electron chi connectivity index (χ4n) is 2.95. The minimum atomic E-state index is -0.641. The number of hydrogen-bond acceptors (Lipinski definition) is 4. The van der Waals surface area contributed by atoms with E-state index in [4.69, 9.17) is 4.74 Å². The zero-order valence-corrected chi connectivity index (χ0v) is 15.2. The molecule has 1 aromatic rings. The second kappa shape index (κ2) is 8.11. The number of benzene rings is 1. The van der Waals surface area contributed by atoms with Crippen molar-refractivity contribution in [2.75, 3.05) is 40.8 Å². The highest BCUT2D eigenvalue weighted by atomic mass is 16.5. The number of carbonyl (C=O) groups excluding carboxylic acids is 3. The van der Waals surface area contributed by atoms with E-state index in [0.29, 0.717) is 25.3 Å². The molecule has 2 rings (SSSR count). The largest absolute Gasteiger partial charge is 0.380 e. The van der Waals surface area contributed by atoms with Crippen molar-refractivity contribution in [2.24, 2.45) is 0 Å². The summed E-state index contributed by atoms with van der Waals surface area (Å²) in [5.41, 5.74) is 1.55. The van der Waals surface area contributed by atoms with E-state index < -0.39 is 6.04 Å². The first-order valence-corrected chi connectivity index (χ1v) is 8.20. The molecule has 0 bridgehead atoms. The highest BCUT2D eigenvalue weighted by Gasteiger charge is 2.36. The molecular formula is C18H25N3O4. The maximum Gasteiger partial charge on any atom is 0.253 e. The van der Waals surface area contributed by atoms with Gasteiger partial charge in [0.25, 0.3) is 5.91 Å². The van der Waals surface area contributed by atoms with Crippen LogP contribution in [0.2, 0.25) is 0 Å². The monoisotopic (exact) mass is 347 g/mol. The van der Waals surface area contributed by atoms with Gasteiger partial charge in [0.15, 0.2) is 0 Å². The third-order valence-electron chi connectivity index (χ3n) is 4.31. The van der Waals surface area contributed by atoms with Crippen LogP contribution >= 0.6 is 0 Å². The molecule has 25 heavy (non-hydrogen) atoms. The van der Waals surface area contributed by atoms with E-state index in [9.17, 15) is 14.4 Å². The van der Waals surface area contributed by atoms with Crippen molar-refractivity contribution in [3.05, 3.63) is 35.4 Å². The summed E-state index contributed by atoms with van der Waals surface area (Å²) in [6.45, 7) is 2.91. The first-order chi connectivity index (χ1) is 11.8. The van der Waals surface area contributed by atoms with Crippen molar-refractivity contribution in [3.8, 4) is 0 Å². The van der Waals surface area contributed by atoms with E-state index in [1.165, 1.54) is 16.7 Å². The van der Waals surface area contributed by atoms with E-state index in [2.05, 4.69) is 0 Å². The molecule has 1 aliphatic heterocycles. The van der Waals surface area contributed by atoms with Crippen LogP contribution in [-0.4, -0.2) is 79.3 Å². The van der Waals surface area contributed by atoms with Crippen molar-refractivity contribution < 1.29 is 19.1 Å². The Morgan fingerprint density at radius 3 is 2.32 bits per heavy atom. The molecule has 1 heterocycles. The number of amides is 3. The number of carbonyl (C=O) groups is 3. The molecule has 1 fully saturated rings. The lowest BCUT2D eigenvalue weighted by Crippen LogP contribution is -2.61. The summed E-state index contributed by atoms with van der Waals surface area (Å²) in [5, 5.41) is 0. The van der Waals surface area contributed by atoms with Crippen LogP contribution < -0.4 is 0 Å². The molecule has 7 heteroatoms. The van der Waals surface area contributed by atoms with Crippen LogP contribution in [0.5, 0.6) is 0 Å². The zero-order valence-electron chi connectivity index (χ0n) is 15.2. The van der Waals surface area contributed by atoms with Gasteiger partial charge in [-0.1, -0.05) is 12.1 Å². The summed E-state index contributed by atoms with van der Waals surface area (Å²) in [6, 6.07) is 6.59. The van der Waals surface area contributed by atoms with E-state index in [0.717, 1.165) is 5.56 Å².